The molecule has 0 atom stereocenters. The van der Waals surface area contributed by atoms with Gasteiger partial charge < -0.3 is 8.83 Å². The van der Waals surface area contributed by atoms with E-state index in [1.54, 1.807) is 0 Å². The molecule has 4 rings (SSSR count). The molecule has 1 aromatic carbocycles. The van der Waals surface area contributed by atoms with Crippen molar-refractivity contribution in [3.63, 3.8) is 0 Å². The second-order valence-electron chi connectivity index (χ2n) is 6.16. The summed E-state index contributed by atoms with van der Waals surface area (Å²) >= 11 is 0. The molecule has 0 bridgehead atoms. The summed E-state index contributed by atoms with van der Waals surface area (Å²) < 4.78 is 49.1. The van der Waals surface area contributed by atoms with E-state index < -0.39 is 11.7 Å². The van der Waals surface area contributed by atoms with Gasteiger partial charge in [0.1, 0.15) is 5.52 Å². The van der Waals surface area contributed by atoms with Crippen LogP contribution in [0.3, 0.4) is 0 Å². The zero-order valence-electron chi connectivity index (χ0n) is 13.7. The Kier molecular flexibility index (Phi) is 4.27. The van der Waals surface area contributed by atoms with Gasteiger partial charge in [0.05, 0.1) is 12.1 Å². The maximum atomic E-state index is 12.8. The smallest absolute Gasteiger partial charge is 0.416 e. The third-order valence-corrected chi connectivity index (χ3v) is 4.20. The van der Waals surface area contributed by atoms with Crippen molar-refractivity contribution in [1.82, 2.24) is 20.1 Å². The number of piperidine rings is 1. The molecule has 7 nitrogen and oxygen atoms in total. The second kappa shape index (κ2) is 6.60. The lowest BCUT2D eigenvalue weighted by Gasteiger charge is -2.24. The summed E-state index contributed by atoms with van der Waals surface area (Å²) in [5.41, 5.74) is -0.463. The molecule has 0 unspecified atom stereocenters. The van der Waals surface area contributed by atoms with Crippen LogP contribution >= 0.6 is 0 Å². The molecule has 0 saturated carbocycles. The Balaban J connectivity index is 1.47. The Morgan fingerprint density at radius 2 is 1.85 bits per heavy atom. The summed E-state index contributed by atoms with van der Waals surface area (Å²) in [6.07, 6.45) is -0.887. The lowest BCUT2D eigenvalue weighted by atomic mass is 10.1. The van der Waals surface area contributed by atoms with Crippen LogP contribution in [-0.2, 0) is 12.7 Å². The number of rotatable bonds is 4. The summed E-state index contributed by atoms with van der Waals surface area (Å²) in [5.74, 6) is 0.463. The highest BCUT2D eigenvalue weighted by atomic mass is 19.4. The molecule has 0 amide bonds. The summed E-state index contributed by atoms with van der Waals surface area (Å²) in [6.45, 7) is 2.56. The summed E-state index contributed by atoms with van der Waals surface area (Å²) in [5, 5.41) is 10.5. The van der Waals surface area contributed by atoms with Crippen LogP contribution < -0.4 is 5.32 Å². The number of anilines is 2. The lowest BCUT2D eigenvalue weighted by molar-refractivity contribution is -0.137. The molecule has 10 heteroatoms. The van der Waals surface area contributed by atoms with Crippen LogP contribution in [0.4, 0.5) is 25.2 Å². The second-order valence-corrected chi connectivity index (χ2v) is 6.16. The van der Waals surface area contributed by atoms with Gasteiger partial charge in [0.2, 0.25) is 5.89 Å². The number of likely N-dealkylation sites (tertiary alicyclic amines) is 1. The summed E-state index contributed by atoms with van der Waals surface area (Å²) in [6, 6.07) is 3.18. The first-order valence-corrected chi connectivity index (χ1v) is 8.27. The van der Waals surface area contributed by atoms with E-state index in [2.05, 4.69) is 25.4 Å². The number of benzene rings is 1. The van der Waals surface area contributed by atoms with Crippen LogP contribution in [-0.4, -0.2) is 33.2 Å². The molecule has 1 fully saturated rings. The van der Waals surface area contributed by atoms with Gasteiger partial charge in [0.15, 0.2) is 5.58 Å². The molecule has 0 radical (unpaired) electrons. The molecule has 3 aromatic rings. The fourth-order valence-corrected chi connectivity index (χ4v) is 2.93. The molecule has 1 N–H and O–H groups in total. The fraction of sp³-hybridized carbons (Fsp3) is 0.438. The molecule has 1 aliphatic rings. The van der Waals surface area contributed by atoms with Crippen LogP contribution in [0, 0.1) is 0 Å². The van der Waals surface area contributed by atoms with Crippen LogP contribution in [0.5, 0.6) is 0 Å². The standard InChI is InChI=1S/C16H16F3N5O2/c17-16(18,19)10-4-5-12-11(8-10)20-14(25-12)21-15-23-22-13(26-15)9-24-6-2-1-3-7-24/h4-5,8H,1-3,6-7,9H2,(H,20,21,23). The first kappa shape index (κ1) is 16.8. The average Bonchev–Trinajstić information content (AvgIpc) is 3.20. The maximum Gasteiger partial charge on any atom is 0.416 e. The van der Waals surface area contributed by atoms with E-state index in [4.69, 9.17) is 8.83 Å². The van der Waals surface area contributed by atoms with Crippen molar-refractivity contribution in [2.45, 2.75) is 32.0 Å². The van der Waals surface area contributed by atoms with Gasteiger partial charge >= 0.3 is 18.2 Å². The molecule has 0 spiro atoms. The molecule has 26 heavy (non-hydrogen) atoms. The van der Waals surface area contributed by atoms with Crippen molar-refractivity contribution in [2.75, 3.05) is 18.4 Å². The van der Waals surface area contributed by atoms with Crippen LogP contribution in [0.2, 0.25) is 0 Å². The highest BCUT2D eigenvalue weighted by Crippen LogP contribution is 2.32. The van der Waals surface area contributed by atoms with E-state index in [0.717, 1.165) is 38.1 Å². The van der Waals surface area contributed by atoms with Crippen molar-refractivity contribution in [3.05, 3.63) is 29.7 Å². The van der Waals surface area contributed by atoms with Crippen molar-refractivity contribution in [3.8, 4) is 0 Å². The van der Waals surface area contributed by atoms with Gasteiger partial charge in [-0.2, -0.15) is 18.2 Å². The number of hydrogen-bond donors (Lipinski definition) is 1. The van der Waals surface area contributed by atoms with Gasteiger partial charge in [-0.3, -0.25) is 10.2 Å². The van der Waals surface area contributed by atoms with Crippen molar-refractivity contribution in [1.29, 1.82) is 0 Å². The Hall–Kier alpha value is -2.62. The molecule has 138 valence electrons. The number of hydrogen-bond acceptors (Lipinski definition) is 7. The van der Waals surface area contributed by atoms with E-state index in [9.17, 15) is 13.2 Å². The van der Waals surface area contributed by atoms with Crippen molar-refractivity contribution in [2.24, 2.45) is 0 Å². The Bertz CT molecular complexity index is 899. The molecule has 2 aromatic heterocycles. The molecule has 1 aliphatic heterocycles. The number of nitrogens with one attached hydrogen (secondary N) is 1. The first-order chi connectivity index (χ1) is 12.5. The highest BCUT2D eigenvalue weighted by molar-refractivity contribution is 5.75. The molecule has 3 heterocycles. The fourth-order valence-electron chi connectivity index (χ4n) is 2.93. The minimum absolute atomic E-state index is 0.00695. The third kappa shape index (κ3) is 3.64. The molecule has 1 saturated heterocycles. The topological polar surface area (TPSA) is 80.2 Å². The molecule has 0 aliphatic carbocycles. The SMILES string of the molecule is FC(F)(F)c1ccc2oc(Nc3nnc(CN4CCCCC4)o3)nc2c1. The van der Waals surface area contributed by atoms with Crippen molar-refractivity contribution >= 4 is 23.1 Å². The van der Waals surface area contributed by atoms with Gasteiger partial charge in [-0.05, 0) is 44.1 Å². The van der Waals surface area contributed by atoms with E-state index in [-0.39, 0.29) is 23.1 Å². The number of aromatic nitrogens is 3. The zero-order valence-corrected chi connectivity index (χ0v) is 13.7. The van der Waals surface area contributed by atoms with Crippen LogP contribution in [0.1, 0.15) is 30.7 Å². The predicted octanol–water partition coefficient (Wildman–Crippen LogP) is 3.96. The van der Waals surface area contributed by atoms with E-state index in [0.29, 0.717) is 12.4 Å². The number of nitrogens with zero attached hydrogens (tertiary/aromatic N) is 4. The van der Waals surface area contributed by atoms with Crippen LogP contribution in [0.25, 0.3) is 11.1 Å². The number of fused-ring (bicyclic) bond motifs is 1. The number of alkyl halides is 3. The van der Waals surface area contributed by atoms with E-state index in [1.165, 1.54) is 12.5 Å². The monoisotopic (exact) mass is 367 g/mol. The quantitative estimate of drug-likeness (QED) is 0.747. The Morgan fingerprint density at radius 1 is 1.04 bits per heavy atom. The van der Waals surface area contributed by atoms with Gasteiger partial charge in [-0.15, -0.1) is 5.10 Å². The minimum atomic E-state index is -4.43. The zero-order chi connectivity index (χ0) is 18.1. The van der Waals surface area contributed by atoms with Gasteiger partial charge in [0.25, 0.3) is 0 Å². The third-order valence-electron chi connectivity index (χ3n) is 4.20. The average molecular weight is 367 g/mol. The minimum Gasteiger partial charge on any atom is -0.423 e. The summed E-state index contributed by atoms with van der Waals surface area (Å²) in [7, 11) is 0. The Labute approximate surface area is 146 Å². The van der Waals surface area contributed by atoms with Gasteiger partial charge in [-0.1, -0.05) is 11.5 Å². The molecular weight excluding hydrogens is 351 g/mol. The first-order valence-electron chi connectivity index (χ1n) is 8.27. The van der Waals surface area contributed by atoms with Crippen molar-refractivity contribution < 1.29 is 22.0 Å². The van der Waals surface area contributed by atoms with Gasteiger partial charge in [0, 0.05) is 0 Å². The molecular formula is C16H16F3N5O2. The lowest BCUT2D eigenvalue weighted by Crippen LogP contribution is -2.29. The van der Waals surface area contributed by atoms with Crippen LogP contribution in [0.15, 0.2) is 27.0 Å². The summed E-state index contributed by atoms with van der Waals surface area (Å²) in [4.78, 5) is 6.23. The maximum absolute atomic E-state index is 12.8. The normalized spacial score (nSPS) is 16.3. The number of halogens is 3. The number of oxazole rings is 1. The highest BCUT2D eigenvalue weighted by Gasteiger charge is 2.31. The van der Waals surface area contributed by atoms with E-state index in [1.807, 2.05) is 0 Å². The predicted molar refractivity (Wildman–Crippen MR) is 85.7 cm³/mol. The largest absolute Gasteiger partial charge is 0.423 e. The Morgan fingerprint density at radius 3 is 2.62 bits per heavy atom. The van der Waals surface area contributed by atoms with E-state index >= 15 is 0 Å². The van der Waals surface area contributed by atoms with Gasteiger partial charge in [-0.25, -0.2) is 0 Å².